The van der Waals surface area contributed by atoms with E-state index in [1.54, 1.807) is 22.7 Å². The zero-order valence-corrected chi connectivity index (χ0v) is 12.7. The zero-order valence-electron chi connectivity index (χ0n) is 9.53. The highest BCUT2D eigenvalue weighted by Crippen LogP contribution is 2.41. The first-order valence-corrected chi connectivity index (χ1v) is 7.79. The highest BCUT2D eigenvalue weighted by atomic mass is 79.9. The molecule has 0 saturated heterocycles. The van der Waals surface area contributed by atoms with Gasteiger partial charge in [0, 0.05) is 4.88 Å². The fourth-order valence-electron chi connectivity index (χ4n) is 1.79. The number of nitrogen functional groups attached to an aromatic ring is 1. The molecule has 0 fully saturated rings. The van der Waals surface area contributed by atoms with Gasteiger partial charge in [0.1, 0.15) is 0 Å². The number of aromatic nitrogens is 2. The molecule has 3 heterocycles. The lowest BCUT2D eigenvalue weighted by atomic mass is 10.1. The molecule has 18 heavy (non-hydrogen) atoms. The molecule has 0 aliphatic carbocycles. The molecule has 3 N–H and O–H groups in total. The summed E-state index contributed by atoms with van der Waals surface area (Å²) < 4.78 is 1.14. The lowest BCUT2D eigenvalue weighted by Crippen LogP contribution is -1.86. The number of nitrogens with two attached hydrogens (primary N) is 1. The van der Waals surface area contributed by atoms with Gasteiger partial charge in [-0.05, 0) is 45.9 Å². The predicted molar refractivity (Wildman–Crippen MR) is 82.1 cm³/mol. The van der Waals surface area contributed by atoms with Crippen molar-refractivity contribution in [2.75, 3.05) is 5.73 Å². The predicted octanol–water partition coefficient (Wildman–Crippen LogP) is 4.52. The fraction of sp³-hybridized carbons (Fsp3) is 0.0833. The first-order valence-electron chi connectivity index (χ1n) is 5.31. The van der Waals surface area contributed by atoms with E-state index >= 15 is 0 Å². The average Bonchev–Trinajstić information content (AvgIpc) is 3.01. The summed E-state index contributed by atoms with van der Waals surface area (Å²) in [4.78, 5) is 2.28. The van der Waals surface area contributed by atoms with Crippen LogP contribution in [0, 0.1) is 6.92 Å². The number of halogens is 1. The molecular formula is C12H10BrN3S2. The van der Waals surface area contributed by atoms with E-state index in [0.29, 0.717) is 5.82 Å². The highest BCUT2D eigenvalue weighted by Gasteiger charge is 2.17. The van der Waals surface area contributed by atoms with Crippen LogP contribution < -0.4 is 5.73 Å². The van der Waals surface area contributed by atoms with Crippen molar-refractivity contribution in [3.05, 3.63) is 32.9 Å². The van der Waals surface area contributed by atoms with Crippen LogP contribution in [-0.4, -0.2) is 10.2 Å². The summed E-state index contributed by atoms with van der Waals surface area (Å²) in [5.74, 6) is 0.551. The molecule has 0 aromatic carbocycles. The van der Waals surface area contributed by atoms with Gasteiger partial charge < -0.3 is 5.73 Å². The van der Waals surface area contributed by atoms with Gasteiger partial charge in [-0.25, -0.2) is 0 Å². The third kappa shape index (κ3) is 1.90. The molecule has 0 unspecified atom stereocenters. The summed E-state index contributed by atoms with van der Waals surface area (Å²) in [6, 6.07) is 6.22. The number of H-pyrrole nitrogens is 1. The maximum atomic E-state index is 5.97. The highest BCUT2D eigenvalue weighted by molar-refractivity contribution is 9.11. The van der Waals surface area contributed by atoms with Gasteiger partial charge >= 0.3 is 0 Å². The van der Waals surface area contributed by atoms with Gasteiger partial charge in [0.05, 0.1) is 19.9 Å². The van der Waals surface area contributed by atoms with Crippen LogP contribution in [-0.2, 0) is 0 Å². The summed E-state index contributed by atoms with van der Waals surface area (Å²) in [5, 5.41) is 9.22. The monoisotopic (exact) mass is 339 g/mol. The van der Waals surface area contributed by atoms with Gasteiger partial charge in [-0.2, -0.15) is 5.10 Å². The number of hydrogen-bond acceptors (Lipinski definition) is 4. The van der Waals surface area contributed by atoms with Crippen molar-refractivity contribution in [3.63, 3.8) is 0 Å². The Morgan fingerprint density at radius 2 is 2.22 bits per heavy atom. The average molecular weight is 340 g/mol. The van der Waals surface area contributed by atoms with E-state index in [2.05, 4.69) is 45.2 Å². The molecule has 92 valence electrons. The normalized spacial score (nSPS) is 11.0. The molecular weight excluding hydrogens is 330 g/mol. The van der Waals surface area contributed by atoms with Crippen molar-refractivity contribution in [3.8, 4) is 21.0 Å². The van der Waals surface area contributed by atoms with Crippen LogP contribution in [0.2, 0.25) is 0 Å². The number of rotatable bonds is 2. The second kappa shape index (κ2) is 4.53. The Balaban J connectivity index is 2.19. The van der Waals surface area contributed by atoms with Gasteiger partial charge in [-0.3, -0.25) is 5.10 Å². The molecule has 0 radical (unpaired) electrons. The molecule has 3 aromatic rings. The van der Waals surface area contributed by atoms with Crippen molar-refractivity contribution >= 4 is 44.4 Å². The SMILES string of the molecule is Cc1cc(-c2[nH]nc(N)c2-c2cccs2)sc1Br. The van der Waals surface area contributed by atoms with Gasteiger partial charge in [0.25, 0.3) is 0 Å². The molecule has 0 atom stereocenters. The van der Waals surface area contributed by atoms with Crippen LogP contribution in [0.3, 0.4) is 0 Å². The molecule has 3 aromatic heterocycles. The van der Waals surface area contributed by atoms with Crippen molar-refractivity contribution < 1.29 is 0 Å². The van der Waals surface area contributed by atoms with Crippen molar-refractivity contribution in [2.45, 2.75) is 6.92 Å². The summed E-state index contributed by atoms with van der Waals surface area (Å²) >= 11 is 6.90. The van der Waals surface area contributed by atoms with E-state index in [4.69, 9.17) is 5.73 Å². The Morgan fingerprint density at radius 1 is 1.39 bits per heavy atom. The van der Waals surface area contributed by atoms with E-state index in [1.807, 2.05) is 11.4 Å². The van der Waals surface area contributed by atoms with E-state index in [0.717, 1.165) is 24.8 Å². The third-order valence-corrected chi connectivity index (χ3v) is 5.71. The van der Waals surface area contributed by atoms with Gasteiger partial charge in [-0.15, -0.1) is 22.7 Å². The molecule has 0 saturated carbocycles. The maximum absolute atomic E-state index is 5.97. The zero-order chi connectivity index (χ0) is 12.7. The minimum Gasteiger partial charge on any atom is -0.382 e. The maximum Gasteiger partial charge on any atom is 0.154 e. The van der Waals surface area contributed by atoms with Crippen LogP contribution in [0.25, 0.3) is 21.0 Å². The second-order valence-electron chi connectivity index (χ2n) is 3.90. The Kier molecular flexibility index (Phi) is 3.01. The largest absolute Gasteiger partial charge is 0.382 e. The first-order chi connectivity index (χ1) is 8.66. The molecule has 0 aliphatic heterocycles. The third-order valence-electron chi connectivity index (χ3n) is 2.67. The van der Waals surface area contributed by atoms with Gasteiger partial charge in [0.15, 0.2) is 5.82 Å². The number of aryl methyl sites for hydroxylation is 1. The Labute approximate surface area is 121 Å². The first kappa shape index (κ1) is 12.0. The number of nitrogens with zero attached hydrogens (tertiary/aromatic N) is 1. The van der Waals surface area contributed by atoms with E-state index in [9.17, 15) is 0 Å². The topological polar surface area (TPSA) is 54.7 Å². The lowest BCUT2D eigenvalue weighted by Gasteiger charge is -1.98. The van der Waals surface area contributed by atoms with E-state index < -0.39 is 0 Å². The summed E-state index contributed by atoms with van der Waals surface area (Å²) in [5.41, 5.74) is 9.19. The van der Waals surface area contributed by atoms with Crippen molar-refractivity contribution in [2.24, 2.45) is 0 Å². The molecule has 0 aliphatic rings. The number of nitrogens with one attached hydrogen (secondary N) is 1. The molecule has 3 nitrogen and oxygen atoms in total. The molecule has 0 spiro atoms. The number of thiophene rings is 2. The number of hydrogen-bond donors (Lipinski definition) is 2. The number of anilines is 1. The van der Waals surface area contributed by atoms with Crippen LogP contribution in [0.4, 0.5) is 5.82 Å². The summed E-state index contributed by atoms with van der Waals surface area (Å²) in [7, 11) is 0. The van der Waals surface area contributed by atoms with Crippen molar-refractivity contribution in [1.82, 2.24) is 10.2 Å². The van der Waals surface area contributed by atoms with E-state index in [1.165, 1.54) is 5.56 Å². The molecule has 3 rings (SSSR count). The Morgan fingerprint density at radius 3 is 2.83 bits per heavy atom. The van der Waals surface area contributed by atoms with Crippen LogP contribution in [0.1, 0.15) is 5.56 Å². The molecule has 0 amide bonds. The number of aromatic amines is 1. The quantitative estimate of drug-likeness (QED) is 0.721. The van der Waals surface area contributed by atoms with Crippen LogP contribution in [0.15, 0.2) is 27.4 Å². The van der Waals surface area contributed by atoms with Gasteiger partial charge in [-0.1, -0.05) is 6.07 Å². The van der Waals surface area contributed by atoms with Crippen LogP contribution >= 0.6 is 38.6 Å². The minimum atomic E-state index is 0.551. The molecule has 6 heteroatoms. The smallest absolute Gasteiger partial charge is 0.154 e. The Bertz CT molecular complexity index is 663. The summed E-state index contributed by atoms with van der Waals surface area (Å²) in [6.07, 6.45) is 0. The fourth-order valence-corrected chi connectivity index (χ4v) is 4.11. The minimum absolute atomic E-state index is 0.551. The van der Waals surface area contributed by atoms with Crippen molar-refractivity contribution in [1.29, 1.82) is 0 Å². The van der Waals surface area contributed by atoms with E-state index in [-0.39, 0.29) is 0 Å². The standard InChI is InChI=1S/C12H10BrN3S2/c1-6-5-8(18-11(6)13)10-9(12(14)16-15-10)7-3-2-4-17-7/h2-5H,1H3,(H3,14,15,16). The molecule has 0 bridgehead atoms. The Hall–Kier alpha value is -1.11. The van der Waals surface area contributed by atoms with Crippen LogP contribution in [0.5, 0.6) is 0 Å². The summed E-state index contributed by atoms with van der Waals surface area (Å²) in [6.45, 7) is 2.08. The lowest BCUT2D eigenvalue weighted by molar-refractivity contribution is 1.11. The van der Waals surface area contributed by atoms with Gasteiger partial charge in [0.2, 0.25) is 0 Å². The second-order valence-corrected chi connectivity index (χ2v) is 7.22.